The first-order valence-electron chi connectivity index (χ1n) is 11.4. The van der Waals surface area contributed by atoms with Gasteiger partial charge in [-0.05, 0) is 55.3 Å². The molecule has 36 heavy (non-hydrogen) atoms. The predicted octanol–water partition coefficient (Wildman–Crippen LogP) is 5.65. The molecule has 0 spiro atoms. The van der Waals surface area contributed by atoms with E-state index in [4.69, 9.17) is 4.74 Å². The average Bonchev–Trinajstić information content (AvgIpc) is 2.86. The number of halogens is 4. The molecule has 190 valence electrons. The van der Waals surface area contributed by atoms with Crippen LogP contribution in [0, 0.1) is 12.7 Å². The summed E-state index contributed by atoms with van der Waals surface area (Å²) >= 11 is 0. The molecule has 2 heterocycles. The minimum Gasteiger partial charge on any atom is -0.378 e. The van der Waals surface area contributed by atoms with Crippen molar-refractivity contribution in [2.45, 2.75) is 26.4 Å². The van der Waals surface area contributed by atoms with Crippen LogP contribution in [0.25, 0.3) is 11.4 Å². The topological polar surface area (TPSA) is 79.4 Å². The van der Waals surface area contributed by atoms with Gasteiger partial charge in [0.05, 0.1) is 24.5 Å². The summed E-state index contributed by atoms with van der Waals surface area (Å²) in [6, 6.07) is 9.55. The van der Waals surface area contributed by atoms with Crippen molar-refractivity contribution in [3.05, 3.63) is 65.1 Å². The van der Waals surface area contributed by atoms with E-state index in [1.807, 2.05) is 4.90 Å². The van der Waals surface area contributed by atoms with Crippen molar-refractivity contribution in [3.63, 3.8) is 0 Å². The zero-order chi connectivity index (χ0) is 25.9. The number of nitrogens with one attached hydrogen (secondary N) is 2. The number of aryl methyl sites for hydroxylation is 2. The number of morpholine rings is 1. The molecular formula is C25H25F4N5O2. The lowest BCUT2D eigenvalue weighted by atomic mass is 10.0. The molecule has 0 saturated carbocycles. The quantitative estimate of drug-likeness (QED) is 0.440. The Bertz CT molecular complexity index is 1240. The SMILES string of the molecule is CCc1ccc(NC(=O)Nc2ccc(-c3nc(C)c(F)c(N4CCOCC4)n3)cc2)cc1C(F)(F)F. The van der Waals surface area contributed by atoms with Crippen LogP contribution in [0.4, 0.5) is 39.5 Å². The third-order valence-electron chi connectivity index (χ3n) is 5.77. The minimum absolute atomic E-state index is 0.0273. The van der Waals surface area contributed by atoms with Gasteiger partial charge < -0.3 is 20.3 Å². The molecule has 4 rings (SSSR count). The number of carbonyl (C=O) groups is 1. The van der Waals surface area contributed by atoms with E-state index < -0.39 is 23.6 Å². The van der Waals surface area contributed by atoms with Gasteiger partial charge in [-0.25, -0.2) is 19.2 Å². The number of ether oxygens (including phenoxy) is 1. The van der Waals surface area contributed by atoms with Crippen LogP contribution in [0.5, 0.6) is 0 Å². The molecule has 2 N–H and O–H groups in total. The molecule has 1 aliphatic heterocycles. The Morgan fingerprint density at radius 1 is 1.03 bits per heavy atom. The third-order valence-corrected chi connectivity index (χ3v) is 5.77. The number of rotatable bonds is 5. The van der Waals surface area contributed by atoms with Gasteiger partial charge in [-0.2, -0.15) is 13.2 Å². The Morgan fingerprint density at radius 3 is 2.31 bits per heavy atom. The highest BCUT2D eigenvalue weighted by Gasteiger charge is 2.33. The second-order valence-corrected chi connectivity index (χ2v) is 8.25. The summed E-state index contributed by atoms with van der Waals surface area (Å²) in [5.41, 5.74) is 0.639. The fourth-order valence-electron chi connectivity index (χ4n) is 3.88. The highest BCUT2D eigenvalue weighted by atomic mass is 19.4. The Hall–Kier alpha value is -3.73. The molecule has 1 aliphatic rings. The first kappa shape index (κ1) is 25.4. The highest BCUT2D eigenvalue weighted by Crippen LogP contribution is 2.34. The standard InChI is InChI=1S/C25H25F4N5O2/c1-3-16-4-9-19(14-20(16)25(27,28)29)32-24(35)31-18-7-5-17(6-8-18)22-30-15(2)21(26)23(33-22)34-10-12-36-13-11-34/h4-9,14H,3,10-13H2,1-2H3,(H2,31,32,35). The number of nitrogens with zero attached hydrogens (tertiary/aromatic N) is 3. The maximum atomic E-state index is 14.7. The van der Waals surface area contributed by atoms with E-state index in [1.165, 1.54) is 12.1 Å². The van der Waals surface area contributed by atoms with Crippen molar-refractivity contribution in [2.75, 3.05) is 41.8 Å². The van der Waals surface area contributed by atoms with Crippen LogP contribution in [0.2, 0.25) is 0 Å². The lowest BCUT2D eigenvalue weighted by molar-refractivity contribution is -0.138. The van der Waals surface area contributed by atoms with Crippen molar-refractivity contribution in [1.29, 1.82) is 0 Å². The minimum atomic E-state index is -4.52. The van der Waals surface area contributed by atoms with Crippen LogP contribution < -0.4 is 15.5 Å². The summed E-state index contributed by atoms with van der Waals surface area (Å²) in [5.74, 6) is 0.0769. The number of aromatic nitrogens is 2. The highest BCUT2D eigenvalue weighted by molar-refractivity contribution is 5.99. The van der Waals surface area contributed by atoms with Crippen molar-refractivity contribution in [1.82, 2.24) is 9.97 Å². The molecule has 0 radical (unpaired) electrons. The molecule has 0 bridgehead atoms. The number of alkyl halides is 3. The van der Waals surface area contributed by atoms with Crippen molar-refractivity contribution < 1.29 is 27.1 Å². The van der Waals surface area contributed by atoms with Gasteiger partial charge in [0.1, 0.15) is 0 Å². The molecule has 2 amide bonds. The number of benzene rings is 2. The van der Waals surface area contributed by atoms with Gasteiger partial charge in [-0.3, -0.25) is 0 Å². The third kappa shape index (κ3) is 5.73. The van der Waals surface area contributed by atoms with Crippen LogP contribution in [0.1, 0.15) is 23.7 Å². The smallest absolute Gasteiger partial charge is 0.378 e. The van der Waals surface area contributed by atoms with E-state index in [9.17, 15) is 22.4 Å². The van der Waals surface area contributed by atoms with E-state index in [2.05, 4.69) is 20.6 Å². The predicted molar refractivity (Wildman–Crippen MR) is 129 cm³/mol. The summed E-state index contributed by atoms with van der Waals surface area (Å²) in [6.07, 6.45) is -4.29. The number of amides is 2. The van der Waals surface area contributed by atoms with Crippen LogP contribution in [0.15, 0.2) is 42.5 Å². The first-order chi connectivity index (χ1) is 17.2. The maximum absolute atomic E-state index is 14.7. The van der Waals surface area contributed by atoms with Crippen molar-refractivity contribution >= 4 is 23.2 Å². The van der Waals surface area contributed by atoms with Crippen LogP contribution in [-0.4, -0.2) is 42.3 Å². The van der Waals surface area contributed by atoms with Crippen LogP contribution in [-0.2, 0) is 17.3 Å². The van der Waals surface area contributed by atoms with Crippen LogP contribution in [0.3, 0.4) is 0 Å². The molecule has 1 aromatic heterocycles. The monoisotopic (exact) mass is 503 g/mol. The van der Waals surface area contributed by atoms with E-state index in [0.29, 0.717) is 43.4 Å². The average molecular weight is 504 g/mol. The first-order valence-corrected chi connectivity index (χ1v) is 11.4. The largest absolute Gasteiger partial charge is 0.416 e. The van der Waals surface area contributed by atoms with Crippen molar-refractivity contribution in [2.24, 2.45) is 0 Å². The maximum Gasteiger partial charge on any atom is 0.416 e. The molecular weight excluding hydrogens is 478 g/mol. The number of carbonyl (C=O) groups excluding carboxylic acids is 1. The van der Waals surface area contributed by atoms with E-state index >= 15 is 0 Å². The van der Waals surface area contributed by atoms with Gasteiger partial charge in [0.25, 0.3) is 0 Å². The van der Waals surface area contributed by atoms with E-state index in [1.54, 1.807) is 38.1 Å². The molecule has 3 aromatic rings. The van der Waals surface area contributed by atoms with E-state index in [-0.39, 0.29) is 29.2 Å². The van der Waals surface area contributed by atoms with Gasteiger partial charge in [0, 0.05) is 30.0 Å². The van der Waals surface area contributed by atoms with Gasteiger partial charge >= 0.3 is 12.2 Å². The molecule has 1 fully saturated rings. The normalized spacial score (nSPS) is 14.0. The van der Waals surface area contributed by atoms with Gasteiger partial charge in [-0.15, -0.1) is 0 Å². The number of hydrogen-bond acceptors (Lipinski definition) is 5. The summed E-state index contributed by atoms with van der Waals surface area (Å²) < 4.78 is 59.9. The Balaban J connectivity index is 1.47. The molecule has 7 nitrogen and oxygen atoms in total. The summed E-state index contributed by atoms with van der Waals surface area (Å²) in [4.78, 5) is 22.8. The van der Waals surface area contributed by atoms with Gasteiger partial charge in [0.2, 0.25) is 0 Å². The lowest BCUT2D eigenvalue weighted by Crippen LogP contribution is -2.37. The number of urea groups is 1. The summed E-state index contributed by atoms with van der Waals surface area (Å²) in [6.45, 7) is 5.23. The zero-order valence-corrected chi connectivity index (χ0v) is 19.7. The van der Waals surface area contributed by atoms with Crippen LogP contribution >= 0.6 is 0 Å². The van der Waals surface area contributed by atoms with E-state index in [0.717, 1.165) is 6.07 Å². The number of hydrogen-bond donors (Lipinski definition) is 2. The number of anilines is 3. The Kier molecular flexibility index (Phi) is 7.39. The second kappa shape index (κ2) is 10.5. The Morgan fingerprint density at radius 2 is 1.67 bits per heavy atom. The van der Waals surface area contributed by atoms with Crippen molar-refractivity contribution in [3.8, 4) is 11.4 Å². The molecule has 0 unspecified atom stereocenters. The van der Waals surface area contributed by atoms with Gasteiger partial charge in [0.15, 0.2) is 17.5 Å². The molecule has 2 aromatic carbocycles. The summed E-state index contributed by atoms with van der Waals surface area (Å²) in [5, 5.41) is 5.01. The fourth-order valence-corrected chi connectivity index (χ4v) is 3.88. The zero-order valence-electron chi connectivity index (χ0n) is 19.7. The molecule has 1 saturated heterocycles. The second-order valence-electron chi connectivity index (χ2n) is 8.25. The fraction of sp³-hybridized carbons (Fsp3) is 0.320. The van der Waals surface area contributed by atoms with Gasteiger partial charge in [-0.1, -0.05) is 13.0 Å². The molecule has 11 heteroatoms. The Labute approximate surface area is 205 Å². The summed E-state index contributed by atoms with van der Waals surface area (Å²) in [7, 11) is 0. The lowest BCUT2D eigenvalue weighted by Gasteiger charge is -2.28. The molecule has 0 aliphatic carbocycles. The molecule has 0 atom stereocenters.